The van der Waals surface area contributed by atoms with Crippen LogP contribution in [0.3, 0.4) is 0 Å². The third-order valence-corrected chi connectivity index (χ3v) is 6.52. The Bertz CT molecular complexity index is 1710. The van der Waals surface area contributed by atoms with Gasteiger partial charge in [0.15, 0.2) is 28.4 Å². The van der Waals surface area contributed by atoms with Gasteiger partial charge in [0.2, 0.25) is 5.75 Å². The Morgan fingerprint density at radius 1 is 0.900 bits per heavy atom. The van der Waals surface area contributed by atoms with Crippen molar-refractivity contribution in [2.75, 3.05) is 21.3 Å². The zero-order valence-electron chi connectivity index (χ0n) is 21.9. The Morgan fingerprint density at radius 3 is 2.17 bits per heavy atom. The summed E-state index contributed by atoms with van der Waals surface area (Å²) in [6.45, 7) is 1.24. The Kier molecular flexibility index (Phi) is 6.72. The van der Waals surface area contributed by atoms with Gasteiger partial charge in [-0.25, -0.2) is 0 Å². The molecule has 2 N–H and O–H groups in total. The fourth-order valence-electron chi connectivity index (χ4n) is 4.77. The Labute approximate surface area is 227 Å². The highest BCUT2D eigenvalue weighted by Crippen LogP contribution is 2.49. The molecule has 1 atom stereocenters. The Balaban J connectivity index is 1.78. The first-order valence-corrected chi connectivity index (χ1v) is 12.0. The second-order valence-corrected chi connectivity index (χ2v) is 8.95. The van der Waals surface area contributed by atoms with Crippen LogP contribution in [-0.4, -0.2) is 43.5 Å². The van der Waals surface area contributed by atoms with Gasteiger partial charge in [0, 0.05) is 36.1 Å². The highest BCUT2D eigenvalue weighted by atomic mass is 16.6. The first-order chi connectivity index (χ1) is 19.1. The lowest BCUT2D eigenvalue weighted by atomic mass is 9.84. The molecule has 11 heteroatoms. The predicted molar refractivity (Wildman–Crippen MR) is 141 cm³/mol. The lowest BCUT2D eigenvalue weighted by Gasteiger charge is -2.27. The number of carbonyl (C=O) groups is 2. The number of phenols is 2. The van der Waals surface area contributed by atoms with E-state index < -0.39 is 29.0 Å². The van der Waals surface area contributed by atoms with Gasteiger partial charge in [0.05, 0.1) is 27.8 Å². The summed E-state index contributed by atoms with van der Waals surface area (Å²) in [5, 5.41) is 20.9. The molecule has 3 aromatic carbocycles. The van der Waals surface area contributed by atoms with Gasteiger partial charge < -0.3 is 38.3 Å². The van der Waals surface area contributed by atoms with E-state index in [1.807, 2.05) is 0 Å². The smallest absolute Gasteiger partial charge is 0.312 e. The number of fused-ring (bicyclic) bond motifs is 3. The number of hydrogen-bond donors (Lipinski definition) is 2. The summed E-state index contributed by atoms with van der Waals surface area (Å²) in [5.74, 6) is -1.78. The Morgan fingerprint density at radius 2 is 1.57 bits per heavy atom. The van der Waals surface area contributed by atoms with Crippen molar-refractivity contribution in [3.8, 4) is 51.6 Å². The molecule has 11 nitrogen and oxygen atoms in total. The second-order valence-electron chi connectivity index (χ2n) is 8.95. The maximum absolute atomic E-state index is 13.2. The van der Waals surface area contributed by atoms with E-state index in [4.69, 9.17) is 28.1 Å². The van der Waals surface area contributed by atoms with Crippen LogP contribution in [0.15, 0.2) is 51.7 Å². The zero-order chi connectivity index (χ0) is 28.7. The van der Waals surface area contributed by atoms with Gasteiger partial charge in [-0.3, -0.25) is 14.4 Å². The van der Waals surface area contributed by atoms with E-state index in [1.54, 1.807) is 18.2 Å². The fourth-order valence-corrected chi connectivity index (χ4v) is 4.77. The number of carbonyl (C=O) groups excluding carboxylic acids is 2. The molecule has 1 aliphatic rings. The van der Waals surface area contributed by atoms with Crippen molar-refractivity contribution in [1.29, 1.82) is 0 Å². The topological polar surface area (TPSA) is 151 Å². The van der Waals surface area contributed by atoms with Crippen molar-refractivity contribution in [2.45, 2.75) is 19.3 Å². The number of benzene rings is 3. The molecule has 40 heavy (non-hydrogen) atoms. The van der Waals surface area contributed by atoms with Crippen molar-refractivity contribution < 1.29 is 47.9 Å². The normalized spacial score (nSPS) is 14.3. The molecule has 5 rings (SSSR count). The minimum Gasteiger partial charge on any atom is -0.507 e. The molecule has 4 aromatic rings. The van der Waals surface area contributed by atoms with Crippen LogP contribution in [0.5, 0.6) is 40.2 Å². The molecule has 1 unspecified atom stereocenters. The van der Waals surface area contributed by atoms with Crippen LogP contribution in [0.1, 0.15) is 30.4 Å². The number of ether oxygens (including phenoxy) is 5. The molecule has 0 saturated heterocycles. The minimum atomic E-state index is -0.740. The number of rotatable bonds is 6. The molecule has 0 spiro atoms. The number of methoxy groups -OCH3 is 3. The molecule has 0 fully saturated rings. The van der Waals surface area contributed by atoms with Crippen molar-refractivity contribution in [3.05, 3.63) is 63.8 Å². The summed E-state index contributed by atoms with van der Waals surface area (Å²) in [6.07, 6.45) is -0.149. The van der Waals surface area contributed by atoms with E-state index in [-0.39, 0.29) is 57.6 Å². The summed E-state index contributed by atoms with van der Waals surface area (Å²) in [6, 6.07) is 10.0. The van der Waals surface area contributed by atoms with E-state index in [2.05, 4.69) is 0 Å². The van der Waals surface area contributed by atoms with Gasteiger partial charge in [0.25, 0.3) is 0 Å². The number of aromatic hydroxyl groups is 2. The van der Waals surface area contributed by atoms with Crippen LogP contribution < -0.4 is 29.1 Å². The first-order valence-electron chi connectivity index (χ1n) is 12.0. The first kappa shape index (κ1) is 26.4. The molecule has 2 heterocycles. The minimum absolute atomic E-state index is 0.00567. The molecule has 0 amide bonds. The molecule has 1 aliphatic heterocycles. The highest BCUT2D eigenvalue weighted by molar-refractivity contribution is 5.93. The lowest BCUT2D eigenvalue weighted by Crippen LogP contribution is -2.22. The summed E-state index contributed by atoms with van der Waals surface area (Å²) < 4.78 is 32.9. The van der Waals surface area contributed by atoms with Crippen molar-refractivity contribution in [1.82, 2.24) is 0 Å². The van der Waals surface area contributed by atoms with Crippen molar-refractivity contribution in [3.63, 3.8) is 0 Å². The van der Waals surface area contributed by atoms with Gasteiger partial charge in [-0.1, -0.05) is 0 Å². The molecule has 1 aromatic heterocycles. The zero-order valence-corrected chi connectivity index (χ0v) is 21.9. The maximum atomic E-state index is 13.2. The largest absolute Gasteiger partial charge is 0.507 e. The average molecular weight is 549 g/mol. The van der Waals surface area contributed by atoms with Gasteiger partial charge in [0.1, 0.15) is 28.2 Å². The number of phenolic OH excluding ortho intramolecular Hbond substituents is 2. The summed E-state index contributed by atoms with van der Waals surface area (Å²) in [5.41, 5.74) is 0.640. The van der Waals surface area contributed by atoms with E-state index in [1.165, 1.54) is 52.5 Å². The Hall–Kier alpha value is -5.19. The highest BCUT2D eigenvalue weighted by Gasteiger charge is 2.35. The van der Waals surface area contributed by atoms with E-state index in [0.717, 1.165) is 0 Å². The quantitative estimate of drug-likeness (QED) is 0.263. The number of hydrogen-bond acceptors (Lipinski definition) is 11. The van der Waals surface area contributed by atoms with Gasteiger partial charge in [-0.15, -0.1) is 0 Å². The SMILES string of the molecule is COc1ccc(-c2cc(=O)c3c(O)cc4c(c3o2)C(c2cc(OC)c(OC(C)=O)c(OC)c2)CC(=O)O4)cc1O. The number of esters is 2. The third-order valence-electron chi connectivity index (χ3n) is 6.52. The molecule has 0 aliphatic carbocycles. The molecule has 0 bridgehead atoms. The van der Waals surface area contributed by atoms with Crippen LogP contribution in [0, 0.1) is 0 Å². The van der Waals surface area contributed by atoms with E-state index in [9.17, 15) is 24.6 Å². The summed E-state index contributed by atoms with van der Waals surface area (Å²) in [7, 11) is 4.18. The van der Waals surface area contributed by atoms with Crippen LogP contribution in [-0.2, 0) is 9.59 Å². The van der Waals surface area contributed by atoms with Crippen molar-refractivity contribution in [2.24, 2.45) is 0 Å². The van der Waals surface area contributed by atoms with Gasteiger partial charge >= 0.3 is 11.9 Å². The van der Waals surface area contributed by atoms with Gasteiger partial charge in [-0.2, -0.15) is 0 Å². The standard InChI is InChI=1S/C29H24O11/c1-13(30)38-28-23(36-3)8-15(9-24(28)37-4)16-10-25(34)39-22-12-19(33)27-18(32)11-21(40-29(27)26(16)22)14-5-6-20(35-2)17(31)7-14/h5-9,11-12,16,31,33H,10H2,1-4H3. The van der Waals surface area contributed by atoms with Crippen LogP contribution in [0.4, 0.5) is 0 Å². The fraction of sp³-hybridized carbons (Fsp3) is 0.207. The molecule has 0 radical (unpaired) electrons. The van der Waals surface area contributed by atoms with Crippen molar-refractivity contribution >= 4 is 22.9 Å². The van der Waals surface area contributed by atoms with Gasteiger partial charge in [-0.05, 0) is 35.9 Å². The third kappa shape index (κ3) is 4.51. The monoisotopic (exact) mass is 548 g/mol. The van der Waals surface area contributed by atoms with Crippen LogP contribution in [0.2, 0.25) is 0 Å². The van der Waals surface area contributed by atoms with E-state index in [0.29, 0.717) is 16.7 Å². The average Bonchev–Trinajstić information content (AvgIpc) is 2.91. The molecular weight excluding hydrogens is 524 g/mol. The maximum Gasteiger partial charge on any atom is 0.312 e. The molecule has 206 valence electrons. The van der Waals surface area contributed by atoms with E-state index >= 15 is 0 Å². The predicted octanol–water partition coefficient (Wildman–Crippen LogP) is 4.26. The summed E-state index contributed by atoms with van der Waals surface area (Å²) >= 11 is 0. The van der Waals surface area contributed by atoms with Crippen LogP contribution >= 0.6 is 0 Å². The molecule has 0 saturated carbocycles. The summed E-state index contributed by atoms with van der Waals surface area (Å²) in [4.78, 5) is 37.6. The lowest BCUT2D eigenvalue weighted by molar-refractivity contribution is -0.135. The molecular formula is C29H24O11. The second kappa shape index (κ2) is 10.2. The van der Waals surface area contributed by atoms with Crippen LogP contribution in [0.25, 0.3) is 22.3 Å².